The fraction of sp³-hybridized carbons (Fsp3) is 0.647. The van der Waals surface area contributed by atoms with Crippen LogP contribution in [0.25, 0.3) is 0 Å². The Kier molecular flexibility index (Phi) is 4.82. The number of piperidine rings is 1. The Hall–Kier alpha value is -0.930. The van der Waals surface area contributed by atoms with Crippen molar-refractivity contribution in [3.05, 3.63) is 35.6 Å². The van der Waals surface area contributed by atoms with Gasteiger partial charge in [0, 0.05) is 18.2 Å². The summed E-state index contributed by atoms with van der Waals surface area (Å²) in [5, 5.41) is 0. The summed E-state index contributed by atoms with van der Waals surface area (Å²) in [6.07, 6.45) is 3.25. The van der Waals surface area contributed by atoms with Crippen molar-refractivity contribution in [1.82, 2.24) is 4.90 Å². The molecule has 1 heterocycles. The zero-order chi connectivity index (χ0) is 14.8. The molecule has 2 atom stereocenters. The lowest BCUT2D eigenvalue weighted by atomic mass is 9.82. The van der Waals surface area contributed by atoms with Gasteiger partial charge in [0.1, 0.15) is 5.82 Å². The molecule has 0 saturated carbocycles. The first-order valence-electron chi connectivity index (χ1n) is 7.68. The molecule has 1 aliphatic heterocycles. The van der Waals surface area contributed by atoms with Crippen LogP contribution < -0.4 is 5.73 Å². The van der Waals surface area contributed by atoms with Crippen molar-refractivity contribution >= 4 is 0 Å². The third-order valence-electron chi connectivity index (χ3n) is 4.42. The molecule has 1 aromatic rings. The molecule has 2 rings (SSSR count). The molecule has 0 aliphatic carbocycles. The number of rotatable bonds is 4. The summed E-state index contributed by atoms with van der Waals surface area (Å²) in [6.45, 7) is 8.65. The zero-order valence-corrected chi connectivity index (χ0v) is 12.9. The van der Waals surface area contributed by atoms with E-state index in [1.165, 1.54) is 6.42 Å². The van der Waals surface area contributed by atoms with Crippen molar-refractivity contribution in [2.24, 2.45) is 11.1 Å². The van der Waals surface area contributed by atoms with Crippen molar-refractivity contribution in [2.75, 3.05) is 13.1 Å². The topological polar surface area (TPSA) is 29.3 Å². The van der Waals surface area contributed by atoms with Gasteiger partial charge in [-0.15, -0.1) is 0 Å². The number of likely N-dealkylation sites (tertiary alicyclic amines) is 1. The SMILES string of the molecule is CCC(N)C(c1ccccc1F)N1CCCC(C)(C)C1. The van der Waals surface area contributed by atoms with Crippen molar-refractivity contribution in [1.29, 1.82) is 0 Å². The molecule has 0 radical (unpaired) electrons. The first-order chi connectivity index (χ1) is 9.44. The van der Waals surface area contributed by atoms with E-state index in [0.717, 1.165) is 31.5 Å². The van der Waals surface area contributed by atoms with Gasteiger partial charge in [0.2, 0.25) is 0 Å². The lowest BCUT2D eigenvalue weighted by molar-refractivity contribution is 0.0641. The normalized spacial score (nSPS) is 22.4. The molecule has 2 N–H and O–H groups in total. The molecule has 112 valence electrons. The molecule has 1 aromatic carbocycles. The molecule has 3 heteroatoms. The van der Waals surface area contributed by atoms with Crippen molar-refractivity contribution in [2.45, 2.75) is 52.1 Å². The lowest BCUT2D eigenvalue weighted by Gasteiger charge is -2.44. The van der Waals surface area contributed by atoms with E-state index in [9.17, 15) is 4.39 Å². The van der Waals surface area contributed by atoms with Gasteiger partial charge in [0.25, 0.3) is 0 Å². The first kappa shape index (κ1) is 15.5. The Labute approximate surface area is 122 Å². The molecular weight excluding hydrogens is 251 g/mol. The van der Waals surface area contributed by atoms with E-state index in [1.54, 1.807) is 12.1 Å². The summed E-state index contributed by atoms with van der Waals surface area (Å²) in [7, 11) is 0. The summed E-state index contributed by atoms with van der Waals surface area (Å²) >= 11 is 0. The third-order valence-corrected chi connectivity index (χ3v) is 4.42. The second-order valence-electron chi connectivity index (χ2n) is 6.78. The maximum Gasteiger partial charge on any atom is 0.128 e. The highest BCUT2D eigenvalue weighted by Crippen LogP contribution is 2.35. The van der Waals surface area contributed by atoms with Crippen LogP contribution in [-0.4, -0.2) is 24.0 Å². The van der Waals surface area contributed by atoms with Gasteiger partial charge in [-0.2, -0.15) is 0 Å². The zero-order valence-electron chi connectivity index (χ0n) is 12.9. The van der Waals surface area contributed by atoms with E-state index in [0.29, 0.717) is 0 Å². The van der Waals surface area contributed by atoms with Crippen molar-refractivity contribution in [3.63, 3.8) is 0 Å². The predicted molar refractivity (Wildman–Crippen MR) is 82.0 cm³/mol. The van der Waals surface area contributed by atoms with E-state index in [1.807, 2.05) is 12.1 Å². The van der Waals surface area contributed by atoms with Crippen LogP contribution in [0.1, 0.15) is 51.6 Å². The molecular formula is C17H27FN2. The van der Waals surface area contributed by atoms with Crippen molar-refractivity contribution in [3.8, 4) is 0 Å². The summed E-state index contributed by atoms with van der Waals surface area (Å²) in [6, 6.07) is 7.04. The number of hydrogen-bond acceptors (Lipinski definition) is 2. The van der Waals surface area contributed by atoms with E-state index in [-0.39, 0.29) is 23.3 Å². The van der Waals surface area contributed by atoms with Crippen LogP contribution in [-0.2, 0) is 0 Å². The highest BCUT2D eigenvalue weighted by Gasteiger charge is 2.34. The maximum absolute atomic E-state index is 14.2. The number of halogens is 1. The fourth-order valence-electron chi connectivity index (χ4n) is 3.34. The fourth-order valence-corrected chi connectivity index (χ4v) is 3.34. The van der Waals surface area contributed by atoms with Crippen LogP contribution in [0.2, 0.25) is 0 Å². The van der Waals surface area contributed by atoms with Crippen molar-refractivity contribution < 1.29 is 4.39 Å². The van der Waals surface area contributed by atoms with Crippen LogP contribution in [0.15, 0.2) is 24.3 Å². The molecule has 0 aromatic heterocycles. The quantitative estimate of drug-likeness (QED) is 0.909. The van der Waals surface area contributed by atoms with E-state index < -0.39 is 0 Å². The minimum atomic E-state index is -0.134. The molecule has 0 amide bonds. The van der Waals surface area contributed by atoms with Gasteiger partial charge < -0.3 is 5.73 Å². The molecule has 1 fully saturated rings. The molecule has 1 saturated heterocycles. The Morgan fingerprint density at radius 2 is 2.05 bits per heavy atom. The van der Waals surface area contributed by atoms with E-state index in [4.69, 9.17) is 5.73 Å². The summed E-state index contributed by atoms with van der Waals surface area (Å²) in [5.74, 6) is -0.134. The smallest absolute Gasteiger partial charge is 0.128 e. The average Bonchev–Trinajstić information content (AvgIpc) is 2.40. The number of nitrogens with two attached hydrogens (primary N) is 1. The van der Waals surface area contributed by atoms with Crippen LogP contribution in [0, 0.1) is 11.2 Å². The minimum absolute atomic E-state index is 0.0132. The maximum atomic E-state index is 14.2. The summed E-state index contributed by atoms with van der Waals surface area (Å²) in [4.78, 5) is 2.38. The standard InChI is InChI=1S/C17H27FN2/c1-4-15(19)16(13-8-5-6-9-14(13)18)20-11-7-10-17(2,3)12-20/h5-6,8-9,15-16H,4,7,10-12,19H2,1-3H3. The Morgan fingerprint density at radius 1 is 1.35 bits per heavy atom. The first-order valence-corrected chi connectivity index (χ1v) is 7.68. The van der Waals surface area contributed by atoms with Gasteiger partial charge >= 0.3 is 0 Å². The predicted octanol–water partition coefficient (Wildman–Crippen LogP) is 3.73. The molecule has 0 spiro atoms. The Morgan fingerprint density at radius 3 is 2.65 bits per heavy atom. The molecule has 2 nitrogen and oxygen atoms in total. The van der Waals surface area contributed by atoms with Gasteiger partial charge in [-0.25, -0.2) is 4.39 Å². The van der Waals surface area contributed by atoms with Gasteiger partial charge in [-0.05, 0) is 37.3 Å². The van der Waals surface area contributed by atoms with Crippen LogP contribution in [0.5, 0.6) is 0 Å². The molecule has 1 aliphatic rings. The number of nitrogens with zero attached hydrogens (tertiary/aromatic N) is 1. The van der Waals surface area contributed by atoms with Gasteiger partial charge in [0.15, 0.2) is 0 Å². The van der Waals surface area contributed by atoms with Crippen LogP contribution >= 0.6 is 0 Å². The van der Waals surface area contributed by atoms with Gasteiger partial charge in [-0.1, -0.05) is 39.0 Å². The average molecular weight is 278 g/mol. The summed E-state index contributed by atoms with van der Waals surface area (Å²) in [5.41, 5.74) is 7.37. The second-order valence-corrected chi connectivity index (χ2v) is 6.78. The summed E-state index contributed by atoms with van der Waals surface area (Å²) < 4.78 is 14.2. The Balaban J connectivity index is 2.31. The van der Waals surface area contributed by atoms with Gasteiger partial charge in [0.05, 0.1) is 6.04 Å². The van der Waals surface area contributed by atoms with Crippen LogP contribution in [0.4, 0.5) is 4.39 Å². The van der Waals surface area contributed by atoms with Crippen LogP contribution in [0.3, 0.4) is 0 Å². The number of hydrogen-bond donors (Lipinski definition) is 1. The Bertz CT molecular complexity index is 444. The highest BCUT2D eigenvalue weighted by atomic mass is 19.1. The van der Waals surface area contributed by atoms with Gasteiger partial charge in [-0.3, -0.25) is 4.90 Å². The molecule has 2 unspecified atom stereocenters. The minimum Gasteiger partial charge on any atom is -0.326 e. The molecule has 20 heavy (non-hydrogen) atoms. The highest BCUT2D eigenvalue weighted by molar-refractivity contribution is 5.23. The monoisotopic (exact) mass is 278 g/mol. The largest absolute Gasteiger partial charge is 0.326 e. The third kappa shape index (κ3) is 3.39. The van der Waals surface area contributed by atoms with E-state index in [2.05, 4.69) is 25.7 Å². The molecule has 0 bridgehead atoms. The lowest BCUT2D eigenvalue weighted by Crippen LogP contribution is -2.48. The van der Waals surface area contributed by atoms with E-state index >= 15 is 0 Å². The number of benzene rings is 1. The second kappa shape index (κ2) is 6.23.